The Balaban J connectivity index is 2.02. The first-order valence-electron chi connectivity index (χ1n) is 11.0. The Morgan fingerprint density at radius 3 is 2.40 bits per heavy atom. The van der Waals surface area contributed by atoms with E-state index < -0.39 is 28.9 Å². The Morgan fingerprint density at radius 2 is 1.77 bits per heavy atom. The molecule has 0 amide bonds. The minimum absolute atomic E-state index is 0.000852. The summed E-state index contributed by atoms with van der Waals surface area (Å²) < 4.78 is 60.3. The topological polar surface area (TPSA) is 85.7 Å². The number of aliphatic hydroxyl groups is 1. The van der Waals surface area contributed by atoms with Crippen molar-refractivity contribution < 1.29 is 32.5 Å². The van der Waals surface area contributed by atoms with Crippen LogP contribution in [0.2, 0.25) is 0 Å². The Hall–Kier alpha value is -3.11. The van der Waals surface area contributed by atoms with Gasteiger partial charge in [0.05, 0.1) is 25.3 Å². The van der Waals surface area contributed by atoms with Crippen LogP contribution in [0.15, 0.2) is 30.3 Å². The third-order valence-electron chi connectivity index (χ3n) is 5.58. The van der Waals surface area contributed by atoms with Gasteiger partial charge in [-0.3, -0.25) is 0 Å². The minimum atomic E-state index is -3.58. The largest absolute Gasteiger partial charge is 0.493 e. The summed E-state index contributed by atoms with van der Waals surface area (Å²) in [5.41, 5.74) is -2.25. The van der Waals surface area contributed by atoms with Crippen LogP contribution in [0.3, 0.4) is 0 Å². The molecule has 1 aromatic heterocycles. The van der Waals surface area contributed by atoms with E-state index >= 15 is 0 Å². The maximum absolute atomic E-state index is 14.7. The molecule has 0 aliphatic heterocycles. The summed E-state index contributed by atoms with van der Waals surface area (Å²) in [4.78, 5) is 8.89. The summed E-state index contributed by atoms with van der Waals surface area (Å²) in [7, 11) is 3.07. The normalized spacial score (nSPS) is 13.1. The molecule has 10 heteroatoms. The summed E-state index contributed by atoms with van der Waals surface area (Å²) in [6, 6.07) is 5.66. The summed E-state index contributed by atoms with van der Waals surface area (Å²) >= 11 is 0. The predicted octanol–water partition coefficient (Wildman–Crippen LogP) is 5.15. The van der Waals surface area contributed by atoms with Crippen LogP contribution in [0.1, 0.15) is 43.8 Å². The molecule has 0 saturated carbocycles. The van der Waals surface area contributed by atoms with Crippen LogP contribution in [0.25, 0.3) is 10.9 Å². The number of hydrogen-bond acceptors (Lipinski definition) is 7. The molecule has 1 heterocycles. The zero-order valence-electron chi connectivity index (χ0n) is 20.6. The quantitative estimate of drug-likeness (QED) is 0.378. The number of rotatable bonds is 10. The Bertz CT molecular complexity index is 1200. The van der Waals surface area contributed by atoms with Gasteiger partial charge in [0.1, 0.15) is 29.7 Å². The summed E-state index contributed by atoms with van der Waals surface area (Å²) in [6.07, 6.45) is 0. The lowest BCUT2D eigenvalue weighted by Gasteiger charge is -2.30. The van der Waals surface area contributed by atoms with Crippen molar-refractivity contribution in [1.29, 1.82) is 0 Å². The zero-order valence-corrected chi connectivity index (χ0v) is 20.6. The summed E-state index contributed by atoms with van der Waals surface area (Å²) in [5, 5.41) is 13.6. The molecule has 3 rings (SSSR count). The molecule has 2 N–H and O–H groups in total. The molecular formula is C25H30F3N3O4. The zero-order chi connectivity index (χ0) is 26.0. The van der Waals surface area contributed by atoms with Gasteiger partial charge in [-0.1, -0.05) is 6.07 Å². The van der Waals surface area contributed by atoms with E-state index in [-0.39, 0.29) is 12.2 Å². The number of aryl methyl sites for hydroxylation is 1. The van der Waals surface area contributed by atoms with Gasteiger partial charge in [0.15, 0.2) is 11.5 Å². The van der Waals surface area contributed by atoms with E-state index in [0.29, 0.717) is 40.7 Å². The second-order valence-corrected chi connectivity index (χ2v) is 8.72. The molecule has 0 aliphatic rings. The fourth-order valence-electron chi connectivity index (χ4n) is 3.58. The minimum Gasteiger partial charge on any atom is -0.493 e. The number of halogens is 3. The monoisotopic (exact) mass is 493 g/mol. The third-order valence-corrected chi connectivity index (χ3v) is 5.58. The van der Waals surface area contributed by atoms with Crippen LogP contribution >= 0.6 is 0 Å². The van der Waals surface area contributed by atoms with Crippen molar-refractivity contribution in [2.75, 3.05) is 32.8 Å². The Labute approximate surface area is 202 Å². The van der Waals surface area contributed by atoms with Crippen molar-refractivity contribution in [2.24, 2.45) is 0 Å². The van der Waals surface area contributed by atoms with Gasteiger partial charge in [0.25, 0.3) is 0 Å². The van der Waals surface area contributed by atoms with E-state index in [9.17, 15) is 18.3 Å². The van der Waals surface area contributed by atoms with Gasteiger partial charge < -0.3 is 24.6 Å². The lowest BCUT2D eigenvalue weighted by molar-refractivity contribution is -0.168. The van der Waals surface area contributed by atoms with Crippen LogP contribution < -0.4 is 14.8 Å². The number of fused-ring (bicyclic) bond motifs is 1. The molecule has 0 spiro atoms. The highest BCUT2D eigenvalue weighted by molar-refractivity contribution is 5.92. The average molecular weight is 494 g/mol. The number of hydrogen-bond donors (Lipinski definition) is 2. The first kappa shape index (κ1) is 26.5. The van der Waals surface area contributed by atoms with Gasteiger partial charge in [-0.05, 0) is 45.9 Å². The highest BCUT2D eigenvalue weighted by atomic mass is 19.3. The van der Waals surface area contributed by atoms with E-state index in [4.69, 9.17) is 14.2 Å². The molecule has 0 saturated heterocycles. The highest BCUT2D eigenvalue weighted by Gasteiger charge is 2.47. The first-order valence-corrected chi connectivity index (χ1v) is 11.0. The number of aromatic nitrogens is 2. The molecule has 1 atom stereocenters. The number of nitrogens with one attached hydrogen (secondary N) is 1. The van der Waals surface area contributed by atoms with Crippen LogP contribution in [0, 0.1) is 12.7 Å². The van der Waals surface area contributed by atoms with Gasteiger partial charge in [-0.25, -0.2) is 14.4 Å². The second kappa shape index (κ2) is 10.2. The van der Waals surface area contributed by atoms with E-state index in [1.807, 2.05) is 0 Å². The summed E-state index contributed by atoms with van der Waals surface area (Å²) in [5.74, 6) is -2.52. The molecule has 0 fully saturated rings. The Morgan fingerprint density at radius 1 is 1.06 bits per heavy atom. The number of methoxy groups -OCH3 is 2. The van der Waals surface area contributed by atoms with Gasteiger partial charge in [0, 0.05) is 29.7 Å². The lowest BCUT2D eigenvalue weighted by atomic mass is 9.91. The van der Waals surface area contributed by atoms with Crippen LogP contribution in [-0.2, 0) is 10.7 Å². The van der Waals surface area contributed by atoms with E-state index in [1.54, 1.807) is 33.1 Å². The number of ether oxygens (including phenoxy) is 3. The molecule has 3 aromatic rings. The van der Waals surface area contributed by atoms with Crippen LogP contribution in [-0.4, -0.2) is 48.1 Å². The Kier molecular flexibility index (Phi) is 7.76. The van der Waals surface area contributed by atoms with Crippen molar-refractivity contribution in [3.05, 3.63) is 53.1 Å². The molecule has 0 radical (unpaired) electrons. The molecule has 2 aromatic carbocycles. The molecular weight excluding hydrogens is 463 g/mol. The van der Waals surface area contributed by atoms with E-state index in [0.717, 1.165) is 32.0 Å². The SMILES string of the molecule is COCCOc1cc2c(N[C@H](C)c3cc(C(F)(F)C(C)(C)O)ccc3F)nc(C)nc2cc1OC. The number of benzene rings is 2. The average Bonchev–Trinajstić information content (AvgIpc) is 2.78. The van der Waals surface area contributed by atoms with Gasteiger partial charge in [-0.2, -0.15) is 8.78 Å². The van der Waals surface area contributed by atoms with Crippen LogP contribution in [0.5, 0.6) is 11.5 Å². The van der Waals surface area contributed by atoms with E-state index in [2.05, 4.69) is 15.3 Å². The fourth-order valence-corrected chi connectivity index (χ4v) is 3.58. The molecule has 7 nitrogen and oxygen atoms in total. The maximum atomic E-state index is 14.7. The molecule has 35 heavy (non-hydrogen) atoms. The van der Waals surface area contributed by atoms with Crippen molar-refractivity contribution in [1.82, 2.24) is 9.97 Å². The van der Waals surface area contributed by atoms with Crippen molar-refractivity contribution >= 4 is 16.7 Å². The van der Waals surface area contributed by atoms with Crippen molar-refractivity contribution in [2.45, 2.75) is 45.3 Å². The number of alkyl halides is 2. The molecule has 0 aliphatic carbocycles. The maximum Gasteiger partial charge on any atom is 0.300 e. The molecule has 190 valence electrons. The van der Waals surface area contributed by atoms with Crippen molar-refractivity contribution in [3.63, 3.8) is 0 Å². The van der Waals surface area contributed by atoms with Gasteiger partial charge >= 0.3 is 5.92 Å². The van der Waals surface area contributed by atoms with Gasteiger partial charge in [0.2, 0.25) is 0 Å². The lowest BCUT2D eigenvalue weighted by Crippen LogP contribution is -2.40. The molecule has 0 unspecified atom stereocenters. The smallest absolute Gasteiger partial charge is 0.300 e. The first-order chi connectivity index (χ1) is 16.4. The number of anilines is 1. The van der Waals surface area contributed by atoms with Gasteiger partial charge in [-0.15, -0.1) is 0 Å². The predicted molar refractivity (Wildman–Crippen MR) is 127 cm³/mol. The standard InChI is InChI=1S/C25H30F3N3O4/c1-14(17-11-16(7-8-19(17)26)25(27,28)24(3,4)32)29-23-18-12-22(35-10-9-33-5)21(34-6)13-20(18)30-15(2)31-23/h7-8,11-14,32H,9-10H2,1-6H3,(H,29,30,31)/t14-/m1/s1. The van der Waals surface area contributed by atoms with E-state index in [1.165, 1.54) is 7.11 Å². The van der Waals surface area contributed by atoms with Crippen molar-refractivity contribution in [3.8, 4) is 11.5 Å². The van der Waals surface area contributed by atoms with Crippen LogP contribution in [0.4, 0.5) is 19.0 Å². The molecule has 0 bridgehead atoms. The summed E-state index contributed by atoms with van der Waals surface area (Å²) in [6.45, 7) is 6.02. The fraction of sp³-hybridized carbons (Fsp3) is 0.440. The second-order valence-electron chi connectivity index (χ2n) is 8.72. The third kappa shape index (κ3) is 5.59. The highest BCUT2D eigenvalue weighted by Crippen LogP contribution is 2.40. The number of nitrogens with zero attached hydrogens (tertiary/aromatic N) is 2.